The van der Waals surface area contributed by atoms with Gasteiger partial charge in [0.15, 0.2) is 11.6 Å². The zero-order valence-electron chi connectivity index (χ0n) is 11.7. The summed E-state index contributed by atoms with van der Waals surface area (Å²) in [5.41, 5.74) is 5.84. The fraction of sp³-hybridized carbons (Fsp3) is 0.714. The van der Waals surface area contributed by atoms with Crippen molar-refractivity contribution in [3.05, 3.63) is 6.33 Å². The van der Waals surface area contributed by atoms with E-state index < -0.39 is 0 Å². The van der Waals surface area contributed by atoms with Gasteiger partial charge in [-0.15, -0.1) is 0 Å². The number of rotatable bonds is 4. The summed E-state index contributed by atoms with van der Waals surface area (Å²) >= 11 is 0. The average Bonchev–Trinajstić information content (AvgIpc) is 3.00. The maximum atomic E-state index is 5.84. The molecule has 2 bridgehead atoms. The van der Waals surface area contributed by atoms with Gasteiger partial charge in [0.2, 0.25) is 5.75 Å². The third-order valence-corrected chi connectivity index (χ3v) is 4.77. The summed E-state index contributed by atoms with van der Waals surface area (Å²) in [6.45, 7) is 1.04. The van der Waals surface area contributed by atoms with Crippen LogP contribution >= 0.6 is 0 Å². The molecular weight excluding hydrogens is 240 g/mol. The largest absolute Gasteiger partial charge is 0.490 e. The first kappa shape index (κ1) is 12.5. The van der Waals surface area contributed by atoms with Crippen molar-refractivity contribution in [1.29, 1.82) is 0 Å². The lowest BCUT2D eigenvalue weighted by Gasteiger charge is -2.28. The zero-order chi connectivity index (χ0) is 13.4. The predicted octanol–water partition coefficient (Wildman–Crippen LogP) is 1.94. The van der Waals surface area contributed by atoms with Gasteiger partial charge in [0.1, 0.15) is 6.33 Å². The number of fused-ring (bicyclic) bond motifs is 2. The minimum atomic E-state index is 0.410. The van der Waals surface area contributed by atoms with E-state index in [4.69, 9.17) is 10.5 Å². The van der Waals surface area contributed by atoms with Crippen LogP contribution in [0.3, 0.4) is 0 Å². The summed E-state index contributed by atoms with van der Waals surface area (Å²) in [5.74, 6) is 4.49. The van der Waals surface area contributed by atoms with E-state index >= 15 is 0 Å². The Kier molecular flexibility index (Phi) is 3.21. The number of anilines is 2. The molecule has 5 heteroatoms. The highest BCUT2D eigenvalue weighted by Gasteiger charge is 2.39. The first-order valence-corrected chi connectivity index (χ1v) is 7.04. The molecule has 1 aromatic heterocycles. The van der Waals surface area contributed by atoms with Gasteiger partial charge in [-0.2, -0.15) is 0 Å². The van der Waals surface area contributed by atoms with Crippen LogP contribution in [-0.2, 0) is 0 Å². The van der Waals surface area contributed by atoms with Crippen molar-refractivity contribution < 1.29 is 4.74 Å². The summed E-state index contributed by atoms with van der Waals surface area (Å²) < 4.78 is 5.33. The molecule has 19 heavy (non-hydrogen) atoms. The number of hydrogen-bond donors (Lipinski definition) is 1. The highest BCUT2D eigenvalue weighted by molar-refractivity contribution is 5.62. The molecule has 2 aliphatic carbocycles. The monoisotopic (exact) mass is 262 g/mol. The molecule has 104 valence electrons. The summed E-state index contributed by atoms with van der Waals surface area (Å²) in [6, 6.07) is 0. The molecule has 0 aromatic carbocycles. The molecule has 2 fully saturated rings. The summed E-state index contributed by atoms with van der Waals surface area (Å²) in [7, 11) is 3.68. The molecule has 0 radical (unpaired) electrons. The summed E-state index contributed by atoms with van der Waals surface area (Å²) in [6.07, 6.45) is 7.16. The topological polar surface area (TPSA) is 64.3 Å². The van der Waals surface area contributed by atoms with Crippen LogP contribution in [0.1, 0.15) is 25.7 Å². The highest BCUT2D eigenvalue weighted by Crippen LogP contribution is 2.48. The van der Waals surface area contributed by atoms with E-state index in [9.17, 15) is 0 Å². The van der Waals surface area contributed by atoms with Gasteiger partial charge in [0.25, 0.3) is 0 Å². The van der Waals surface area contributed by atoms with Crippen LogP contribution in [0.25, 0.3) is 0 Å². The third-order valence-electron chi connectivity index (χ3n) is 4.77. The van der Waals surface area contributed by atoms with Crippen LogP contribution in [0.5, 0.6) is 5.75 Å². The second-order valence-corrected chi connectivity index (χ2v) is 5.93. The maximum Gasteiger partial charge on any atom is 0.204 e. The highest BCUT2D eigenvalue weighted by atomic mass is 16.5. The van der Waals surface area contributed by atoms with Gasteiger partial charge in [0.05, 0.1) is 7.11 Å². The molecule has 3 atom stereocenters. The van der Waals surface area contributed by atoms with Crippen molar-refractivity contribution in [3.8, 4) is 5.75 Å². The Bertz CT molecular complexity index is 465. The van der Waals surface area contributed by atoms with Gasteiger partial charge in [0, 0.05) is 13.6 Å². The van der Waals surface area contributed by atoms with Gasteiger partial charge in [-0.05, 0) is 37.0 Å². The second kappa shape index (κ2) is 4.87. The Balaban J connectivity index is 1.73. The van der Waals surface area contributed by atoms with E-state index in [1.165, 1.54) is 32.0 Å². The van der Waals surface area contributed by atoms with E-state index in [-0.39, 0.29) is 0 Å². The van der Waals surface area contributed by atoms with Crippen LogP contribution < -0.4 is 15.4 Å². The van der Waals surface area contributed by atoms with Crippen LogP contribution in [0, 0.1) is 17.8 Å². The molecule has 1 aromatic rings. The van der Waals surface area contributed by atoms with Crippen molar-refractivity contribution in [3.63, 3.8) is 0 Å². The van der Waals surface area contributed by atoms with E-state index in [0.29, 0.717) is 11.6 Å². The van der Waals surface area contributed by atoms with E-state index in [0.717, 1.165) is 30.1 Å². The quantitative estimate of drug-likeness (QED) is 0.898. The Morgan fingerprint density at radius 2 is 2.21 bits per heavy atom. The lowest BCUT2D eigenvalue weighted by Crippen LogP contribution is -2.29. The molecule has 0 saturated heterocycles. The molecular formula is C14H22N4O. The van der Waals surface area contributed by atoms with Crippen LogP contribution in [-0.4, -0.2) is 30.7 Å². The minimum absolute atomic E-state index is 0.410. The smallest absolute Gasteiger partial charge is 0.204 e. The number of nitrogen functional groups attached to an aromatic ring is 1. The molecule has 3 rings (SSSR count). The maximum absolute atomic E-state index is 5.84. The fourth-order valence-corrected chi connectivity index (χ4v) is 3.88. The average molecular weight is 262 g/mol. The van der Waals surface area contributed by atoms with E-state index in [1.807, 2.05) is 0 Å². The van der Waals surface area contributed by atoms with Gasteiger partial charge >= 0.3 is 0 Å². The Labute approximate surface area is 114 Å². The van der Waals surface area contributed by atoms with Crippen molar-refractivity contribution in [2.45, 2.75) is 25.7 Å². The van der Waals surface area contributed by atoms with Crippen molar-refractivity contribution >= 4 is 11.6 Å². The van der Waals surface area contributed by atoms with Gasteiger partial charge in [-0.1, -0.05) is 6.42 Å². The Morgan fingerprint density at radius 3 is 2.84 bits per heavy atom. The predicted molar refractivity (Wildman–Crippen MR) is 75.2 cm³/mol. The van der Waals surface area contributed by atoms with Crippen molar-refractivity contribution in [2.75, 3.05) is 31.3 Å². The first-order valence-electron chi connectivity index (χ1n) is 7.04. The second-order valence-electron chi connectivity index (χ2n) is 5.93. The van der Waals surface area contributed by atoms with Gasteiger partial charge < -0.3 is 15.4 Å². The molecule has 0 amide bonds. The molecule has 0 spiro atoms. The normalized spacial score (nSPS) is 28.6. The molecule has 2 saturated carbocycles. The van der Waals surface area contributed by atoms with Crippen molar-refractivity contribution in [2.24, 2.45) is 17.8 Å². The molecule has 2 N–H and O–H groups in total. The van der Waals surface area contributed by atoms with Crippen LogP contribution in [0.2, 0.25) is 0 Å². The molecule has 1 heterocycles. The Hall–Kier alpha value is -1.52. The number of ether oxygens (including phenoxy) is 1. The van der Waals surface area contributed by atoms with E-state index in [1.54, 1.807) is 7.11 Å². The molecule has 5 nitrogen and oxygen atoms in total. The molecule has 3 unspecified atom stereocenters. The van der Waals surface area contributed by atoms with Crippen LogP contribution in [0.4, 0.5) is 11.6 Å². The number of methoxy groups -OCH3 is 1. The van der Waals surface area contributed by atoms with Gasteiger partial charge in [-0.3, -0.25) is 0 Å². The third kappa shape index (κ3) is 2.22. The molecule has 2 aliphatic rings. The number of nitrogens with two attached hydrogens (primary N) is 1. The summed E-state index contributed by atoms with van der Waals surface area (Å²) in [5, 5.41) is 0. The number of aromatic nitrogens is 2. The van der Waals surface area contributed by atoms with Crippen LogP contribution in [0.15, 0.2) is 6.33 Å². The minimum Gasteiger partial charge on any atom is -0.490 e. The fourth-order valence-electron chi connectivity index (χ4n) is 3.88. The van der Waals surface area contributed by atoms with Crippen molar-refractivity contribution in [1.82, 2.24) is 9.97 Å². The lowest BCUT2D eigenvalue weighted by atomic mass is 9.88. The number of nitrogens with zero attached hydrogens (tertiary/aromatic N) is 3. The summed E-state index contributed by atoms with van der Waals surface area (Å²) in [4.78, 5) is 10.5. The molecule has 0 aliphatic heterocycles. The standard InChI is InChI=1S/C14H22N4O/c1-18(7-11-6-9-3-4-10(11)5-9)14-12(19-2)13(15)16-8-17-14/h8-11H,3-7H2,1-2H3,(H2,15,16,17). The SMILES string of the molecule is COc1c(N)ncnc1N(C)CC1CC2CCC1C2. The Morgan fingerprint density at radius 1 is 1.37 bits per heavy atom. The van der Waals surface area contributed by atoms with E-state index in [2.05, 4.69) is 21.9 Å². The zero-order valence-corrected chi connectivity index (χ0v) is 11.7. The first-order chi connectivity index (χ1) is 9.19. The lowest BCUT2D eigenvalue weighted by molar-refractivity contribution is 0.335. The van der Waals surface area contributed by atoms with Gasteiger partial charge in [-0.25, -0.2) is 9.97 Å². The number of hydrogen-bond acceptors (Lipinski definition) is 5.